The van der Waals surface area contributed by atoms with Gasteiger partial charge in [0.15, 0.2) is 0 Å². The third kappa shape index (κ3) is 9.04. The minimum atomic E-state index is -0.847. The zero-order valence-electron chi connectivity index (χ0n) is 35.4. The maximum absolute atomic E-state index is 2.70. The van der Waals surface area contributed by atoms with Gasteiger partial charge in [-0.15, -0.1) is 0 Å². The van der Waals surface area contributed by atoms with Crippen LogP contribution in [0.3, 0.4) is 0 Å². The lowest BCUT2D eigenvalue weighted by Crippen LogP contribution is -2.28. The Kier molecular flexibility index (Phi) is 12.9. The van der Waals surface area contributed by atoms with Crippen LogP contribution < -0.4 is 21.2 Å². The van der Waals surface area contributed by atoms with Crippen LogP contribution in [0.2, 0.25) is 0 Å². The lowest BCUT2D eigenvalue weighted by molar-refractivity contribution is 0.810. The largest absolute Gasteiger partial charge is 0.0815 e. The van der Waals surface area contributed by atoms with E-state index < -0.39 is 15.8 Å². The van der Waals surface area contributed by atoms with Crippen LogP contribution in [-0.4, -0.2) is 11.3 Å². The van der Waals surface area contributed by atoms with Gasteiger partial charge in [0.25, 0.3) is 0 Å². The Morgan fingerprint density at radius 1 is 0.556 bits per heavy atom. The predicted molar refractivity (Wildman–Crippen MR) is 245 cm³/mol. The molecule has 0 N–H and O–H groups in total. The van der Waals surface area contributed by atoms with Gasteiger partial charge in [0.1, 0.15) is 0 Å². The van der Waals surface area contributed by atoms with E-state index in [1.807, 2.05) is 0 Å². The Labute approximate surface area is 331 Å². The molecule has 4 atom stereocenters. The van der Waals surface area contributed by atoms with Crippen LogP contribution in [0.1, 0.15) is 111 Å². The number of hydrogen-bond donors (Lipinski definition) is 0. The fourth-order valence-corrected chi connectivity index (χ4v) is 16.0. The van der Waals surface area contributed by atoms with Crippen molar-refractivity contribution >= 4 is 37.1 Å². The summed E-state index contributed by atoms with van der Waals surface area (Å²) in [7, 11) is -1.46. The second-order valence-corrected chi connectivity index (χ2v) is 21.6. The van der Waals surface area contributed by atoms with Crippen LogP contribution in [0, 0.1) is 48.5 Å². The highest BCUT2D eigenvalue weighted by molar-refractivity contribution is 7.80. The molecule has 4 aromatic rings. The lowest BCUT2D eigenvalue weighted by atomic mass is 9.94. The molecule has 0 fully saturated rings. The summed E-state index contributed by atoms with van der Waals surface area (Å²) in [5.41, 5.74) is 21.2. The van der Waals surface area contributed by atoms with Crippen molar-refractivity contribution in [1.82, 2.24) is 0 Å². The molecule has 0 nitrogen and oxygen atoms in total. The topological polar surface area (TPSA) is 0 Å². The normalized spacial score (nSPS) is 18.9. The minimum absolute atomic E-state index is 0.495. The Morgan fingerprint density at radius 2 is 1.13 bits per heavy atom. The van der Waals surface area contributed by atoms with E-state index in [0.29, 0.717) is 11.3 Å². The van der Waals surface area contributed by atoms with E-state index >= 15 is 0 Å². The number of hydrogen-bond acceptors (Lipinski definition) is 0. The minimum Gasteiger partial charge on any atom is -0.0815 e. The highest BCUT2D eigenvalue weighted by Crippen LogP contribution is 2.55. The summed E-state index contributed by atoms with van der Waals surface area (Å²) in [6, 6.07) is 24.8. The Bertz CT molecular complexity index is 2150. The van der Waals surface area contributed by atoms with Gasteiger partial charge in [-0.1, -0.05) is 157 Å². The summed E-state index contributed by atoms with van der Waals surface area (Å²) in [5, 5.41) is 6.05. The molecular weight excluding hydrogens is 687 g/mol. The van der Waals surface area contributed by atoms with Crippen molar-refractivity contribution in [3.63, 3.8) is 0 Å². The van der Waals surface area contributed by atoms with Crippen molar-refractivity contribution in [3.8, 4) is 11.1 Å². The van der Waals surface area contributed by atoms with Crippen molar-refractivity contribution in [3.05, 3.63) is 152 Å². The van der Waals surface area contributed by atoms with Gasteiger partial charge in [-0.25, -0.2) is 0 Å². The van der Waals surface area contributed by atoms with Crippen molar-refractivity contribution in [2.24, 2.45) is 0 Å². The molecule has 0 aromatic heterocycles. The van der Waals surface area contributed by atoms with Gasteiger partial charge in [-0.3, -0.25) is 0 Å². The summed E-state index contributed by atoms with van der Waals surface area (Å²) in [6.45, 7) is 28.0. The lowest BCUT2D eigenvalue weighted by Gasteiger charge is -2.36. The second-order valence-electron chi connectivity index (χ2n) is 16.8. The van der Waals surface area contributed by atoms with E-state index in [1.165, 1.54) is 95.5 Å². The molecule has 0 heterocycles. The average Bonchev–Trinajstić information content (AvgIpc) is 3.38. The molecule has 2 aliphatic rings. The fraction of sp³-hybridized carbons (Fsp3) is 0.385. The summed E-state index contributed by atoms with van der Waals surface area (Å²) in [6.07, 6.45) is 17.2. The summed E-state index contributed by atoms with van der Waals surface area (Å²) >= 11 is 0. The third-order valence-corrected chi connectivity index (χ3v) is 17.0. The highest BCUT2D eigenvalue weighted by Gasteiger charge is 2.34. The van der Waals surface area contributed by atoms with Crippen LogP contribution >= 0.6 is 15.8 Å². The maximum Gasteiger partial charge on any atom is 0.00558 e. The molecule has 282 valence electrons. The zero-order valence-corrected chi connectivity index (χ0v) is 37.2. The third-order valence-electron chi connectivity index (χ3n) is 11.5. The summed E-state index contributed by atoms with van der Waals surface area (Å²) < 4.78 is 0. The first-order valence-electron chi connectivity index (χ1n) is 20.5. The molecule has 2 heteroatoms. The molecule has 0 aliphatic heterocycles. The summed E-state index contributed by atoms with van der Waals surface area (Å²) in [5.74, 6) is 0. The first-order valence-corrected chi connectivity index (χ1v) is 23.3. The molecule has 0 saturated carbocycles. The van der Waals surface area contributed by atoms with E-state index in [4.69, 9.17) is 0 Å². The van der Waals surface area contributed by atoms with E-state index in [1.54, 1.807) is 16.5 Å². The van der Waals surface area contributed by atoms with Crippen molar-refractivity contribution in [2.45, 2.75) is 133 Å². The first kappa shape index (κ1) is 40.4. The molecule has 6 rings (SSSR count). The van der Waals surface area contributed by atoms with Crippen LogP contribution in [0.5, 0.6) is 0 Å². The molecule has 0 spiro atoms. The van der Waals surface area contributed by atoms with Crippen LogP contribution in [0.15, 0.2) is 107 Å². The standard InChI is InChI=1S/C52H64P2/c1-13-43-17-18-45(26-39(9)22-43)53(46-24-33(3)15-16-34(4)25-46)49-30-37(7)20-41(11)51(49)52-42(12)21-38(8)31-50(52)54(47-27-35(5)19-36(6)28-47)48-29-40(10)23-44(14-2)32-48/h15,19-23,25-32,45-46H,13-14,16-18,24H2,1-12H3/t45?,46?,53?,54-/m1/s1. The van der Waals surface area contributed by atoms with Gasteiger partial charge < -0.3 is 0 Å². The first-order chi connectivity index (χ1) is 25.7. The predicted octanol–water partition coefficient (Wildman–Crippen LogP) is 13.4. The molecule has 54 heavy (non-hydrogen) atoms. The van der Waals surface area contributed by atoms with E-state index in [-0.39, 0.29) is 0 Å². The van der Waals surface area contributed by atoms with Crippen LogP contribution in [0.25, 0.3) is 11.1 Å². The Morgan fingerprint density at radius 3 is 1.76 bits per heavy atom. The van der Waals surface area contributed by atoms with Gasteiger partial charge >= 0.3 is 0 Å². The molecule has 4 aromatic carbocycles. The van der Waals surface area contributed by atoms with E-state index in [9.17, 15) is 0 Å². The second kappa shape index (κ2) is 17.2. The Balaban J connectivity index is 1.70. The van der Waals surface area contributed by atoms with Crippen LogP contribution in [-0.2, 0) is 6.42 Å². The molecule has 2 aliphatic carbocycles. The molecule has 3 unspecified atom stereocenters. The van der Waals surface area contributed by atoms with Crippen molar-refractivity contribution in [2.75, 3.05) is 0 Å². The monoisotopic (exact) mass is 750 g/mol. The Hall–Kier alpha value is -3.30. The fourth-order valence-electron chi connectivity index (χ4n) is 9.25. The number of allylic oxidation sites excluding steroid dienone is 8. The molecule has 0 amide bonds. The smallest absolute Gasteiger partial charge is 0.00558 e. The number of benzene rings is 4. The number of aryl methyl sites for hydroxylation is 8. The molecule has 0 bridgehead atoms. The summed E-state index contributed by atoms with van der Waals surface area (Å²) in [4.78, 5) is 0. The van der Waals surface area contributed by atoms with Crippen LogP contribution in [0.4, 0.5) is 0 Å². The quantitative estimate of drug-likeness (QED) is 0.118. The van der Waals surface area contributed by atoms with Gasteiger partial charge in [0.2, 0.25) is 0 Å². The molecular formula is C52H64P2. The maximum atomic E-state index is 2.70. The highest BCUT2D eigenvalue weighted by atomic mass is 31.1. The zero-order chi connectivity index (χ0) is 38.8. The SMILES string of the molecule is CCC1=CC(C)=CC(P(c2cc(C)cc(C)c2-c2c(C)cc(C)cc2[P@](c2cc(C)cc(C)c2)c2cc(C)cc(CC)c2)C2C=C(C)CC=C(C)C2)CC1. The van der Waals surface area contributed by atoms with E-state index in [2.05, 4.69) is 168 Å². The molecule has 0 radical (unpaired) electrons. The average molecular weight is 751 g/mol. The van der Waals surface area contributed by atoms with Gasteiger partial charge in [-0.2, -0.15) is 0 Å². The van der Waals surface area contributed by atoms with Gasteiger partial charge in [-0.05, 0) is 165 Å². The van der Waals surface area contributed by atoms with Crippen molar-refractivity contribution < 1.29 is 0 Å². The number of rotatable bonds is 9. The van der Waals surface area contributed by atoms with Gasteiger partial charge in [0, 0.05) is 11.3 Å². The van der Waals surface area contributed by atoms with E-state index in [0.717, 1.165) is 25.7 Å². The van der Waals surface area contributed by atoms with Gasteiger partial charge in [0.05, 0.1) is 0 Å². The van der Waals surface area contributed by atoms with Crippen molar-refractivity contribution in [1.29, 1.82) is 0 Å². The molecule has 0 saturated heterocycles.